The summed E-state index contributed by atoms with van der Waals surface area (Å²) in [6, 6.07) is 0. The Bertz CT molecular complexity index is 616. The van der Waals surface area contributed by atoms with Crippen LogP contribution in [0, 0.1) is 11.8 Å². The summed E-state index contributed by atoms with van der Waals surface area (Å²) in [5, 5.41) is 0. The molecular weight excluding hydrogens is 533 g/mol. The van der Waals surface area contributed by atoms with E-state index in [4.69, 9.17) is 21.2 Å². The van der Waals surface area contributed by atoms with Gasteiger partial charge in [0.15, 0.2) is 16.6 Å². The maximum atomic E-state index is 7.14. The molecule has 0 N–H and O–H groups in total. The molecule has 2 fully saturated rings. The molecule has 1 unspecified atom stereocenters. The topological polar surface area (TPSA) is 46.2 Å². The molecule has 2 saturated carbocycles. The Morgan fingerprint density at radius 3 is 1.22 bits per heavy atom. The van der Waals surface area contributed by atoms with Crippen molar-refractivity contribution in [1.29, 1.82) is 0 Å². The predicted octanol–water partition coefficient (Wildman–Crippen LogP) is 8.60. The first-order valence-corrected chi connectivity index (χ1v) is 30.2. The molecule has 0 bridgehead atoms. The first-order chi connectivity index (χ1) is 16.5. The SMILES string of the molecule is C[Si](C)(C)O[Si](C)(C)O[Si](C)(O[Si](C)(C)C)[Si](C)(OCCC1CCCCC1)OCCC1CCCCC1. The fraction of sp³-hybridized carbons (Fsp3) is 1.00. The quantitative estimate of drug-likeness (QED) is 0.178. The van der Waals surface area contributed by atoms with Gasteiger partial charge in [-0.2, -0.15) is 0 Å². The lowest BCUT2D eigenvalue weighted by molar-refractivity contribution is 0.146. The van der Waals surface area contributed by atoms with Gasteiger partial charge in [0.1, 0.15) is 0 Å². The van der Waals surface area contributed by atoms with Crippen LogP contribution in [0.3, 0.4) is 0 Å². The van der Waals surface area contributed by atoms with Crippen molar-refractivity contribution in [3.8, 4) is 0 Å². The summed E-state index contributed by atoms with van der Waals surface area (Å²) in [6.07, 6.45) is 16.0. The Morgan fingerprint density at radius 1 is 0.472 bits per heavy atom. The van der Waals surface area contributed by atoms with E-state index in [1.807, 2.05) is 0 Å². The van der Waals surface area contributed by atoms with Crippen LogP contribution in [0.1, 0.15) is 77.0 Å². The molecule has 1 atom stereocenters. The van der Waals surface area contributed by atoms with E-state index in [0.717, 1.165) is 37.9 Å². The second-order valence-corrected chi connectivity index (χ2v) is 37.6. The van der Waals surface area contributed by atoms with Gasteiger partial charge in [-0.05, 0) is 90.1 Å². The number of rotatable bonds is 15. The molecule has 2 aliphatic carbocycles. The minimum absolute atomic E-state index is 0.773. The highest BCUT2D eigenvalue weighted by Gasteiger charge is 2.62. The lowest BCUT2D eigenvalue weighted by Crippen LogP contribution is -2.72. The van der Waals surface area contributed by atoms with Crippen molar-refractivity contribution in [3.63, 3.8) is 0 Å². The molecule has 0 aromatic carbocycles. The molecule has 0 radical (unpaired) electrons. The molecule has 0 amide bonds. The van der Waals surface area contributed by atoms with Crippen molar-refractivity contribution in [2.45, 2.75) is 143 Å². The third kappa shape index (κ3) is 12.0. The fourth-order valence-electron chi connectivity index (χ4n) is 6.11. The third-order valence-electron chi connectivity index (χ3n) is 7.58. The molecule has 214 valence electrons. The Balaban J connectivity index is 2.23. The normalized spacial score (nSPS) is 21.5. The molecule has 0 saturated heterocycles. The molecule has 0 heterocycles. The van der Waals surface area contributed by atoms with E-state index in [0.29, 0.717) is 0 Å². The summed E-state index contributed by atoms with van der Waals surface area (Å²) in [4.78, 5) is 0. The Hall–Kier alpha value is 0.884. The summed E-state index contributed by atoms with van der Waals surface area (Å²) >= 11 is 0. The highest BCUT2D eigenvalue weighted by Crippen LogP contribution is 2.34. The molecule has 2 aliphatic rings. The number of hydrogen-bond donors (Lipinski definition) is 0. The van der Waals surface area contributed by atoms with Crippen molar-refractivity contribution in [3.05, 3.63) is 0 Å². The first-order valence-electron chi connectivity index (χ1n) is 14.9. The zero-order valence-electron chi connectivity index (χ0n) is 25.6. The van der Waals surface area contributed by atoms with Gasteiger partial charge in [-0.3, -0.25) is 0 Å². The fourth-order valence-corrected chi connectivity index (χ4v) is 35.1. The average molecular weight is 593 g/mol. The summed E-state index contributed by atoms with van der Waals surface area (Å²) in [6.45, 7) is 24.0. The Kier molecular flexibility index (Phi) is 12.9. The van der Waals surface area contributed by atoms with Gasteiger partial charge < -0.3 is 21.2 Å². The van der Waals surface area contributed by atoms with Gasteiger partial charge in [-0.25, -0.2) is 0 Å². The lowest BCUT2D eigenvalue weighted by atomic mass is 9.87. The van der Waals surface area contributed by atoms with Crippen LogP contribution in [-0.2, 0) is 21.2 Å². The largest absolute Gasteiger partial charge is 0.437 e. The third-order valence-corrected chi connectivity index (χ3v) is 30.3. The molecule has 2 rings (SSSR count). The molecule has 0 spiro atoms. The minimum atomic E-state index is -2.83. The zero-order valence-corrected chi connectivity index (χ0v) is 30.6. The molecular formula is C26H60O5Si5. The van der Waals surface area contributed by atoms with E-state index in [-0.39, 0.29) is 0 Å². The van der Waals surface area contributed by atoms with Crippen molar-refractivity contribution >= 4 is 41.4 Å². The Morgan fingerprint density at radius 2 is 0.861 bits per heavy atom. The van der Waals surface area contributed by atoms with Crippen LogP contribution in [0.4, 0.5) is 0 Å². The van der Waals surface area contributed by atoms with Crippen LogP contribution in [0.15, 0.2) is 0 Å². The molecule has 36 heavy (non-hydrogen) atoms. The highest BCUT2D eigenvalue weighted by molar-refractivity contribution is 7.33. The van der Waals surface area contributed by atoms with E-state index < -0.39 is 41.4 Å². The molecule has 0 aromatic rings. The summed E-state index contributed by atoms with van der Waals surface area (Å²) in [5.41, 5.74) is 0. The molecule has 10 heteroatoms. The van der Waals surface area contributed by atoms with Gasteiger partial charge in [-0.15, -0.1) is 0 Å². The van der Waals surface area contributed by atoms with Gasteiger partial charge in [0, 0.05) is 13.2 Å². The minimum Gasteiger partial charge on any atom is -0.437 e. The van der Waals surface area contributed by atoms with Gasteiger partial charge in [0.25, 0.3) is 0 Å². The van der Waals surface area contributed by atoms with E-state index in [1.165, 1.54) is 64.2 Å². The van der Waals surface area contributed by atoms with Crippen LogP contribution in [0.25, 0.3) is 0 Å². The van der Waals surface area contributed by atoms with Crippen LogP contribution < -0.4 is 0 Å². The van der Waals surface area contributed by atoms with Crippen molar-refractivity contribution in [2.24, 2.45) is 11.8 Å². The first kappa shape index (κ1) is 33.1. The van der Waals surface area contributed by atoms with Gasteiger partial charge in [0.2, 0.25) is 0 Å². The zero-order chi connectivity index (χ0) is 27.1. The van der Waals surface area contributed by atoms with Crippen molar-refractivity contribution in [1.82, 2.24) is 0 Å². The predicted molar refractivity (Wildman–Crippen MR) is 165 cm³/mol. The average Bonchev–Trinajstić information content (AvgIpc) is 2.71. The summed E-state index contributed by atoms with van der Waals surface area (Å²) in [7, 11) is -11.7. The van der Waals surface area contributed by atoms with Crippen LogP contribution >= 0.6 is 0 Å². The molecule has 0 aliphatic heterocycles. The maximum Gasteiger partial charge on any atom is 0.379 e. The maximum absolute atomic E-state index is 7.14. The summed E-state index contributed by atoms with van der Waals surface area (Å²) in [5.74, 6) is 1.60. The number of hydrogen-bond acceptors (Lipinski definition) is 5. The highest BCUT2D eigenvalue weighted by atomic mass is 29.3. The second kappa shape index (κ2) is 14.0. The lowest BCUT2D eigenvalue weighted by Gasteiger charge is -2.47. The van der Waals surface area contributed by atoms with Crippen LogP contribution in [-0.4, -0.2) is 54.6 Å². The van der Waals surface area contributed by atoms with Crippen molar-refractivity contribution < 1.29 is 21.2 Å². The van der Waals surface area contributed by atoms with Crippen LogP contribution in [0.2, 0.25) is 65.5 Å². The van der Waals surface area contributed by atoms with Gasteiger partial charge in [0.05, 0.1) is 0 Å². The second-order valence-electron chi connectivity index (χ2n) is 14.1. The van der Waals surface area contributed by atoms with Crippen molar-refractivity contribution in [2.75, 3.05) is 13.2 Å². The Labute approximate surface area is 229 Å². The van der Waals surface area contributed by atoms with E-state index in [2.05, 4.69) is 65.5 Å². The standard InChI is InChI=1S/C26H60O5Si5/c1-32(2,3)29-34(7,8)31-36(10,30-33(4,5)6)35(9,27-23-21-25-17-13-11-14-18-25)28-24-22-26-19-15-12-16-20-26/h25-26H,11-24H2,1-10H3. The van der Waals surface area contributed by atoms with E-state index in [1.54, 1.807) is 0 Å². The monoisotopic (exact) mass is 592 g/mol. The van der Waals surface area contributed by atoms with Gasteiger partial charge >= 0.3 is 24.7 Å². The molecule has 5 nitrogen and oxygen atoms in total. The van der Waals surface area contributed by atoms with Crippen LogP contribution in [0.5, 0.6) is 0 Å². The smallest absolute Gasteiger partial charge is 0.379 e. The summed E-state index contributed by atoms with van der Waals surface area (Å²) < 4.78 is 34.7. The molecule has 0 aromatic heterocycles. The van der Waals surface area contributed by atoms with E-state index >= 15 is 0 Å². The van der Waals surface area contributed by atoms with Gasteiger partial charge in [-0.1, -0.05) is 64.2 Å². The van der Waals surface area contributed by atoms with E-state index in [9.17, 15) is 0 Å².